The standard InChI is InChI=1S/C28H24O8/c1-31-19-10-8-15(12-22(19)33-3)18-14-24(29)35-20-11-9-17-26(30)23(36-28(17)25(18)20)13-16-6-5-7-21(32-2)27(16)34-4/h5-13,18H,14H2,1-4H3. The van der Waals surface area contributed by atoms with E-state index in [-0.39, 0.29) is 23.9 Å². The van der Waals surface area contributed by atoms with E-state index in [1.54, 1.807) is 63.8 Å². The molecule has 0 bridgehead atoms. The van der Waals surface area contributed by atoms with Crippen LogP contribution in [0.25, 0.3) is 6.08 Å². The molecular weight excluding hydrogens is 464 g/mol. The lowest BCUT2D eigenvalue weighted by Crippen LogP contribution is -2.21. The number of hydrogen-bond donors (Lipinski definition) is 0. The molecule has 2 aliphatic heterocycles. The summed E-state index contributed by atoms with van der Waals surface area (Å²) in [6.07, 6.45) is 1.70. The minimum absolute atomic E-state index is 0.0826. The molecule has 1 unspecified atom stereocenters. The lowest BCUT2D eigenvalue weighted by molar-refractivity contribution is -0.135. The molecule has 8 nitrogen and oxygen atoms in total. The summed E-state index contributed by atoms with van der Waals surface area (Å²) in [5.74, 6) is 1.93. The van der Waals surface area contributed by atoms with Gasteiger partial charge in [-0.15, -0.1) is 0 Å². The van der Waals surface area contributed by atoms with E-state index in [1.807, 2.05) is 12.1 Å². The van der Waals surface area contributed by atoms with Gasteiger partial charge in [-0.25, -0.2) is 0 Å². The topological polar surface area (TPSA) is 89.5 Å². The van der Waals surface area contributed by atoms with Crippen molar-refractivity contribution in [3.8, 4) is 34.5 Å². The van der Waals surface area contributed by atoms with Crippen LogP contribution in [0.3, 0.4) is 0 Å². The Labute approximate surface area is 207 Å². The summed E-state index contributed by atoms with van der Waals surface area (Å²) >= 11 is 0. The first-order valence-electron chi connectivity index (χ1n) is 11.2. The molecule has 2 aliphatic rings. The lowest BCUT2D eigenvalue weighted by Gasteiger charge is -2.26. The summed E-state index contributed by atoms with van der Waals surface area (Å²) < 4.78 is 33.3. The van der Waals surface area contributed by atoms with Crippen LogP contribution in [0.4, 0.5) is 0 Å². The number of methoxy groups -OCH3 is 4. The fourth-order valence-electron chi connectivity index (χ4n) is 4.63. The summed E-state index contributed by atoms with van der Waals surface area (Å²) in [5, 5.41) is 0. The molecule has 3 aromatic rings. The van der Waals surface area contributed by atoms with E-state index in [2.05, 4.69) is 0 Å². The Morgan fingerprint density at radius 2 is 1.61 bits per heavy atom. The Hall–Kier alpha value is -4.46. The molecule has 3 aromatic carbocycles. The second kappa shape index (κ2) is 9.30. The number of carbonyl (C=O) groups excluding carboxylic acids is 2. The van der Waals surface area contributed by atoms with Crippen LogP contribution in [0, 0.1) is 0 Å². The molecule has 0 aromatic heterocycles. The molecule has 0 N–H and O–H groups in total. The second-order valence-electron chi connectivity index (χ2n) is 8.22. The summed E-state index contributed by atoms with van der Waals surface area (Å²) in [5.41, 5.74) is 2.46. The molecule has 8 heteroatoms. The predicted octanol–water partition coefficient (Wildman–Crippen LogP) is 4.78. The maximum atomic E-state index is 13.3. The Morgan fingerprint density at radius 3 is 2.33 bits per heavy atom. The van der Waals surface area contributed by atoms with Gasteiger partial charge in [-0.1, -0.05) is 18.2 Å². The molecular formula is C28H24O8. The van der Waals surface area contributed by atoms with Crippen molar-refractivity contribution < 1.29 is 38.0 Å². The molecule has 1 atom stereocenters. The third-order valence-corrected chi connectivity index (χ3v) is 6.31. The van der Waals surface area contributed by atoms with Crippen molar-refractivity contribution in [3.63, 3.8) is 0 Å². The number of Topliss-reactive ketones (excluding diaryl/α,β-unsaturated/α-hetero) is 1. The van der Waals surface area contributed by atoms with Gasteiger partial charge in [-0.3, -0.25) is 9.59 Å². The van der Waals surface area contributed by atoms with Crippen molar-refractivity contribution in [2.45, 2.75) is 12.3 Å². The van der Waals surface area contributed by atoms with Crippen LogP contribution in [0.1, 0.15) is 39.4 Å². The number of benzene rings is 3. The van der Waals surface area contributed by atoms with E-state index in [9.17, 15) is 9.59 Å². The van der Waals surface area contributed by atoms with Crippen LogP contribution in [-0.4, -0.2) is 40.2 Å². The number of ether oxygens (including phenoxy) is 6. The van der Waals surface area contributed by atoms with Gasteiger partial charge in [0.25, 0.3) is 0 Å². The number of esters is 1. The maximum absolute atomic E-state index is 13.3. The molecule has 0 amide bonds. The second-order valence-corrected chi connectivity index (χ2v) is 8.22. The number of fused-ring (bicyclic) bond motifs is 3. The number of rotatable bonds is 6. The molecule has 0 spiro atoms. The van der Waals surface area contributed by atoms with Crippen LogP contribution in [0.15, 0.2) is 54.3 Å². The quantitative estimate of drug-likeness (QED) is 0.278. The van der Waals surface area contributed by atoms with Gasteiger partial charge in [0.15, 0.2) is 28.8 Å². The van der Waals surface area contributed by atoms with Crippen LogP contribution in [0.2, 0.25) is 0 Å². The molecule has 2 heterocycles. The maximum Gasteiger partial charge on any atom is 0.312 e. The van der Waals surface area contributed by atoms with Gasteiger partial charge < -0.3 is 28.4 Å². The average molecular weight is 488 g/mol. The fraction of sp³-hybridized carbons (Fsp3) is 0.214. The minimum atomic E-state index is -0.408. The SMILES string of the molecule is COc1ccc(C2CC(=O)Oc3ccc4c(c32)OC(=Cc2cccc(OC)c2OC)C4=O)cc1OC. The van der Waals surface area contributed by atoms with Gasteiger partial charge in [0.05, 0.1) is 40.4 Å². The average Bonchev–Trinajstić information content (AvgIpc) is 3.22. The van der Waals surface area contributed by atoms with E-state index in [0.717, 1.165) is 5.56 Å². The Kier molecular flexibility index (Phi) is 6.01. The van der Waals surface area contributed by atoms with Gasteiger partial charge in [0.1, 0.15) is 11.5 Å². The monoisotopic (exact) mass is 488 g/mol. The largest absolute Gasteiger partial charge is 0.493 e. The molecule has 0 saturated carbocycles. The third-order valence-electron chi connectivity index (χ3n) is 6.31. The van der Waals surface area contributed by atoms with Crippen molar-refractivity contribution in [3.05, 3.63) is 76.5 Å². The van der Waals surface area contributed by atoms with Crippen LogP contribution < -0.4 is 28.4 Å². The highest BCUT2D eigenvalue weighted by atomic mass is 16.5. The van der Waals surface area contributed by atoms with E-state index in [4.69, 9.17) is 28.4 Å². The highest BCUT2D eigenvalue weighted by molar-refractivity contribution is 6.15. The van der Waals surface area contributed by atoms with Crippen molar-refractivity contribution in [2.24, 2.45) is 0 Å². The number of ketones is 1. The Bertz CT molecular complexity index is 1400. The van der Waals surface area contributed by atoms with Gasteiger partial charge in [-0.05, 0) is 42.0 Å². The zero-order chi connectivity index (χ0) is 25.4. The minimum Gasteiger partial charge on any atom is -0.493 e. The van der Waals surface area contributed by atoms with Gasteiger partial charge in [0, 0.05) is 17.0 Å². The number of carbonyl (C=O) groups is 2. The first kappa shape index (κ1) is 23.3. The van der Waals surface area contributed by atoms with Crippen molar-refractivity contribution in [1.29, 1.82) is 0 Å². The van der Waals surface area contributed by atoms with E-state index >= 15 is 0 Å². The zero-order valence-electron chi connectivity index (χ0n) is 20.2. The van der Waals surface area contributed by atoms with E-state index in [0.29, 0.717) is 51.2 Å². The number of para-hydroxylation sites is 1. The molecule has 0 fully saturated rings. The van der Waals surface area contributed by atoms with Crippen LogP contribution >= 0.6 is 0 Å². The molecule has 0 aliphatic carbocycles. The summed E-state index contributed by atoms with van der Waals surface area (Å²) in [4.78, 5) is 25.8. The van der Waals surface area contributed by atoms with Gasteiger partial charge in [-0.2, -0.15) is 0 Å². The summed E-state index contributed by atoms with van der Waals surface area (Å²) in [6.45, 7) is 0. The molecule has 0 radical (unpaired) electrons. The van der Waals surface area contributed by atoms with Crippen LogP contribution in [0.5, 0.6) is 34.5 Å². The summed E-state index contributed by atoms with van der Waals surface area (Å²) in [6, 6.07) is 14.1. The Balaban J connectivity index is 1.61. The molecule has 5 rings (SSSR count). The molecule has 184 valence electrons. The van der Waals surface area contributed by atoms with Gasteiger partial charge in [0.2, 0.25) is 5.78 Å². The van der Waals surface area contributed by atoms with Crippen molar-refractivity contribution >= 4 is 17.8 Å². The van der Waals surface area contributed by atoms with Crippen LogP contribution in [-0.2, 0) is 4.79 Å². The normalized spacial score (nSPS) is 17.1. The van der Waals surface area contributed by atoms with Gasteiger partial charge >= 0.3 is 5.97 Å². The predicted molar refractivity (Wildman–Crippen MR) is 131 cm³/mol. The van der Waals surface area contributed by atoms with E-state index < -0.39 is 5.92 Å². The highest BCUT2D eigenvalue weighted by Crippen LogP contribution is 2.50. The Morgan fingerprint density at radius 1 is 0.833 bits per heavy atom. The zero-order valence-corrected chi connectivity index (χ0v) is 20.2. The first-order chi connectivity index (χ1) is 17.5. The van der Waals surface area contributed by atoms with Crippen molar-refractivity contribution in [1.82, 2.24) is 0 Å². The number of hydrogen-bond acceptors (Lipinski definition) is 8. The molecule has 0 saturated heterocycles. The smallest absolute Gasteiger partial charge is 0.312 e. The number of allylic oxidation sites excluding steroid dienone is 1. The first-order valence-corrected chi connectivity index (χ1v) is 11.2. The third kappa shape index (κ3) is 3.80. The fourth-order valence-corrected chi connectivity index (χ4v) is 4.63. The summed E-state index contributed by atoms with van der Waals surface area (Å²) in [7, 11) is 6.19. The highest BCUT2D eigenvalue weighted by Gasteiger charge is 2.39. The van der Waals surface area contributed by atoms with Crippen molar-refractivity contribution in [2.75, 3.05) is 28.4 Å². The van der Waals surface area contributed by atoms with E-state index in [1.165, 1.54) is 7.11 Å². The lowest BCUT2D eigenvalue weighted by atomic mass is 9.84. The molecule has 36 heavy (non-hydrogen) atoms.